The van der Waals surface area contributed by atoms with Crippen molar-refractivity contribution in [3.05, 3.63) is 71.4 Å². The van der Waals surface area contributed by atoms with Gasteiger partial charge in [-0.25, -0.2) is 0 Å². The maximum absolute atomic E-state index is 12.6. The molecule has 1 fully saturated rings. The second kappa shape index (κ2) is 6.58. The molecule has 1 heterocycles. The number of hydrogen-bond donors (Lipinski definition) is 2. The monoisotopic (exact) mass is 322 g/mol. The van der Waals surface area contributed by atoms with E-state index in [2.05, 4.69) is 5.32 Å². The Morgan fingerprint density at radius 1 is 1.08 bits per heavy atom. The van der Waals surface area contributed by atoms with Gasteiger partial charge in [0.15, 0.2) is 0 Å². The summed E-state index contributed by atoms with van der Waals surface area (Å²) in [5.41, 5.74) is 2.02. The van der Waals surface area contributed by atoms with E-state index in [1.54, 1.807) is 25.3 Å². The zero-order valence-corrected chi connectivity index (χ0v) is 13.3. The molecule has 24 heavy (non-hydrogen) atoms. The molecule has 0 bridgehead atoms. The highest BCUT2D eigenvalue weighted by Crippen LogP contribution is 2.19. The summed E-state index contributed by atoms with van der Waals surface area (Å²) in [5.74, 6) is -0.285. The van der Waals surface area contributed by atoms with Crippen LogP contribution in [0.3, 0.4) is 0 Å². The van der Waals surface area contributed by atoms with Crippen molar-refractivity contribution in [2.75, 3.05) is 7.05 Å². The van der Waals surface area contributed by atoms with E-state index in [4.69, 9.17) is 0 Å². The molecule has 1 atom stereocenters. The molecule has 2 N–H and O–H groups in total. The Balaban J connectivity index is 1.80. The van der Waals surface area contributed by atoms with Gasteiger partial charge in [-0.05, 0) is 29.3 Å². The van der Waals surface area contributed by atoms with E-state index >= 15 is 0 Å². The first-order valence-electron chi connectivity index (χ1n) is 7.67. The van der Waals surface area contributed by atoms with Gasteiger partial charge in [-0.1, -0.05) is 42.5 Å². The van der Waals surface area contributed by atoms with E-state index in [1.165, 1.54) is 17.0 Å². The molecule has 2 aromatic rings. The van der Waals surface area contributed by atoms with Crippen LogP contribution in [0.15, 0.2) is 60.3 Å². The fourth-order valence-corrected chi connectivity index (χ4v) is 2.68. The summed E-state index contributed by atoms with van der Waals surface area (Å²) in [6.07, 6.45) is 2.09. The van der Waals surface area contributed by atoms with E-state index in [-0.39, 0.29) is 23.3 Å². The number of carbonyl (C=O) groups excluding carboxylic acids is 2. The van der Waals surface area contributed by atoms with Crippen molar-refractivity contribution in [3.63, 3.8) is 0 Å². The average Bonchev–Trinajstić information content (AvgIpc) is 2.59. The van der Waals surface area contributed by atoms with Gasteiger partial charge in [0.25, 0.3) is 5.91 Å². The molecule has 0 unspecified atom stereocenters. The van der Waals surface area contributed by atoms with Gasteiger partial charge in [0, 0.05) is 13.5 Å². The van der Waals surface area contributed by atoms with Gasteiger partial charge in [-0.15, -0.1) is 0 Å². The maximum atomic E-state index is 12.6. The third kappa shape index (κ3) is 3.30. The first-order chi connectivity index (χ1) is 11.5. The lowest BCUT2D eigenvalue weighted by atomic mass is 10.0. The minimum Gasteiger partial charge on any atom is -0.508 e. The van der Waals surface area contributed by atoms with Crippen LogP contribution in [0.1, 0.15) is 11.1 Å². The molecular formula is C19H18N2O3. The second-order valence-corrected chi connectivity index (χ2v) is 5.73. The van der Waals surface area contributed by atoms with Gasteiger partial charge < -0.3 is 15.3 Å². The normalized spacial score (nSPS) is 19.5. The van der Waals surface area contributed by atoms with Crippen molar-refractivity contribution < 1.29 is 14.7 Å². The number of carbonyl (C=O) groups is 2. The Hall–Kier alpha value is -3.08. The smallest absolute Gasteiger partial charge is 0.268 e. The van der Waals surface area contributed by atoms with Gasteiger partial charge in [0.05, 0.1) is 0 Å². The van der Waals surface area contributed by atoms with Crippen LogP contribution < -0.4 is 5.32 Å². The lowest BCUT2D eigenvalue weighted by molar-refractivity contribution is -0.138. The van der Waals surface area contributed by atoms with Crippen molar-refractivity contribution in [1.29, 1.82) is 0 Å². The number of hydrogen-bond acceptors (Lipinski definition) is 3. The van der Waals surface area contributed by atoms with Gasteiger partial charge >= 0.3 is 0 Å². The Morgan fingerprint density at radius 3 is 2.42 bits per heavy atom. The van der Waals surface area contributed by atoms with Crippen LogP contribution in [0.25, 0.3) is 6.08 Å². The summed E-state index contributed by atoms with van der Waals surface area (Å²) < 4.78 is 0. The third-order valence-electron chi connectivity index (χ3n) is 4.01. The predicted molar refractivity (Wildman–Crippen MR) is 90.9 cm³/mol. The molecule has 2 aromatic carbocycles. The lowest BCUT2D eigenvalue weighted by Crippen LogP contribution is -2.56. The Morgan fingerprint density at radius 2 is 1.75 bits per heavy atom. The zero-order chi connectivity index (χ0) is 17.1. The van der Waals surface area contributed by atoms with E-state index in [1.807, 2.05) is 30.3 Å². The van der Waals surface area contributed by atoms with Gasteiger partial charge in [0.2, 0.25) is 5.91 Å². The van der Waals surface area contributed by atoms with Crippen LogP contribution in [0.4, 0.5) is 0 Å². The summed E-state index contributed by atoms with van der Waals surface area (Å²) in [6, 6.07) is 15.5. The Kier molecular flexibility index (Phi) is 4.33. The Labute approximate surface area is 140 Å². The quantitative estimate of drug-likeness (QED) is 0.849. The first kappa shape index (κ1) is 15.8. The van der Waals surface area contributed by atoms with Crippen LogP contribution in [0.5, 0.6) is 5.75 Å². The first-order valence-corrected chi connectivity index (χ1v) is 7.67. The number of nitrogens with zero attached hydrogens (tertiary/aromatic N) is 1. The molecule has 2 amide bonds. The van der Waals surface area contributed by atoms with E-state index < -0.39 is 6.04 Å². The molecule has 3 rings (SSSR count). The number of rotatable bonds is 3. The molecule has 0 aliphatic carbocycles. The number of phenols is 1. The molecule has 5 nitrogen and oxygen atoms in total. The number of aromatic hydroxyl groups is 1. The maximum Gasteiger partial charge on any atom is 0.268 e. The number of nitrogens with one attached hydrogen (secondary N) is 1. The highest BCUT2D eigenvalue weighted by Gasteiger charge is 2.34. The van der Waals surface area contributed by atoms with Crippen LogP contribution >= 0.6 is 0 Å². The molecule has 5 heteroatoms. The molecule has 122 valence electrons. The van der Waals surface area contributed by atoms with Crippen molar-refractivity contribution in [2.24, 2.45) is 0 Å². The van der Waals surface area contributed by atoms with Crippen LogP contribution in [0.2, 0.25) is 0 Å². The predicted octanol–water partition coefficient (Wildman–Crippen LogP) is 1.93. The lowest BCUT2D eigenvalue weighted by Gasteiger charge is -2.32. The van der Waals surface area contributed by atoms with Gasteiger partial charge in [-0.3, -0.25) is 9.59 Å². The minimum atomic E-state index is -0.568. The highest BCUT2D eigenvalue weighted by molar-refractivity contribution is 6.07. The summed E-state index contributed by atoms with van der Waals surface area (Å²) in [6.45, 7) is 0. The molecule has 1 aliphatic heterocycles. The molecule has 1 saturated heterocycles. The van der Waals surface area contributed by atoms with Crippen molar-refractivity contribution in [1.82, 2.24) is 10.2 Å². The summed E-state index contributed by atoms with van der Waals surface area (Å²) >= 11 is 0. The molecule has 0 aromatic heterocycles. The largest absolute Gasteiger partial charge is 0.508 e. The number of benzene rings is 2. The zero-order valence-electron chi connectivity index (χ0n) is 13.3. The highest BCUT2D eigenvalue weighted by atomic mass is 16.3. The van der Waals surface area contributed by atoms with Crippen LogP contribution in [0, 0.1) is 0 Å². The summed E-state index contributed by atoms with van der Waals surface area (Å²) in [7, 11) is 1.60. The number of piperazine rings is 1. The van der Waals surface area contributed by atoms with Gasteiger partial charge in [-0.2, -0.15) is 0 Å². The number of likely N-dealkylation sites (N-methyl/N-ethyl adjacent to an activating group) is 1. The molecule has 0 spiro atoms. The average molecular weight is 322 g/mol. The van der Waals surface area contributed by atoms with Crippen LogP contribution in [-0.4, -0.2) is 34.9 Å². The fraction of sp³-hybridized carbons (Fsp3) is 0.158. The number of phenolic OH excluding ortho intramolecular Hbond substituents is 1. The summed E-state index contributed by atoms with van der Waals surface area (Å²) in [4.78, 5) is 26.3. The van der Waals surface area contributed by atoms with Crippen molar-refractivity contribution in [3.8, 4) is 5.75 Å². The minimum absolute atomic E-state index is 0.150. The van der Waals surface area contributed by atoms with E-state index in [0.717, 1.165) is 11.1 Å². The second-order valence-electron chi connectivity index (χ2n) is 5.73. The van der Waals surface area contributed by atoms with Crippen LogP contribution in [-0.2, 0) is 16.0 Å². The SMILES string of the molecule is CN1C(=O)[C@H](Cc2ccccc2)NC(=O)C1=Cc1ccc(O)cc1. The molecule has 1 aliphatic rings. The number of amides is 2. The molecular weight excluding hydrogens is 304 g/mol. The molecule has 0 radical (unpaired) electrons. The van der Waals surface area contributed by atoms with Gasteiger partial charge in [0.1, 0.15) is 17.5 Å². The van der Waals surface area contributed by atoms with E-state index in [9.17, 15) is 14.7 Å². The van der Waals surface area contributed by atoms with Crippen molar-refractivity contribution >= 4 is 17.9 Å². The van der Waals surface area contributed by atoms with E-state index in [0.29, 0.717) is 6.42 Å². The molecule has 0 saturated carbocycles. The third-order valence-corrected chi connectivity index (χ3v) is 4.01. The van der Waals surface area contributed by atoms with Crippen molar-refractivity contribution in [2.45, 2.75) is 12.5 Å². The topological polar surface area (TPSA) is 69.6 Å². The fourth-order valence-electron chi connectivity index (χ4n) is 2.68. The Bertz CT molecular complexity index is 782. The standard InChI is InChI=1S/C19H18N2O3/c1-21-17(12-14-7-9-15(22)10-8-14)18(23)20-16(19(21)24)11-13-5-3-2-4-6-13/h2-10,12,16,22H,11H2,1H3,(H,20,23)/t16-/m0/s1. The summed E-state index contributed by atoms with van der Waals surface area (Å²) in [5, 5.41) is 12.1.